The van der Waals surface area contributed by atoms with Crippen LogP contribution >= 0.6 is 22.9 Å². The number of hydrogen-bond donors (Lipinski definition) is 1. The predicted octanol–water partition coefficient (Wildman–Crippen LogP) is 2.40. The number of nitrogens with one attached hydrogen (secondary N) is 1. The summed E-state index contributed by atoms with van der Waals surface area (Å²) in [7, 11) is 0. The van der Waals surface area contributed by atoms with E-state index in [0.29, 0.717) is 26.5 Å². The van der Waals surface area contributed by atoms with E-state index in [1.807, 2.05) is 0 Å². The summed E-state index contributed by atoms with van der Waals surface area (Å²) >= 11 is 7.10. The fourth-order valence-electron chi connectivity index (χ4n) is 1.56. The summed E-state index contributed by atoms with van der Waals surface area (Å²) in [6, 6.07) is 6.72. The van der Waals surface area contributed by atoms with Crippen LogP contribution in [-0.2, 0) is 0 Å². The number of aryl methyl sites for hydroxylation is 1. The zero-order valence-electron chi connectivity index (χ0n) is 9.79. The minimum absolute atomic E-state index is 0.259. The zero-order chi connectivity index (χ0) is 13.4. The molecule has 0 spiro atoms. The second-order valence-electron chi connectivity index (χ2n) is 3.81. The van der Waals surface area contributed by atoms with Crippen LogP contribution in [0.4, 0.5) is 5.13 Å². The molecule has 0 aliphatic carbocycles. The average Bonchev–Trinajstić information content (AvgIpc) is 2.92. The molecule has 1 N–H and O–H groups in total. The van der Waals surface area contributed by atoms with Gasteiger partial charge in [-0.3, -0.25) is 10.1 Å². The number of rotatable bonds is 2. The molecule has 2 aromatic heterocycles. The van der Waals surface area contributed by atoms with Gasteiger partial charge in [0, 0.05) is 10.6 Å². The highest BCUT2D eigenvalue weighted by molar-refractivity contribution is 7.20. The van der Waals surface area contributed by atoms with Gasteiger partial charge in [-0.1, -0.05) is 29.0 Å². The fraction of sp³-hybridized carbons (Fsp3) is 0.0909. The predicted molar refractivity (Wildman–Crippen MR) is 72.8 cm³/mol. The first kappa shape index (κ1) is 12.1. The molecule has 0 aliphatic heterocycles. The maximum Gasteiger partial charge on any atom is 0.257 e. The van der Waals surface area contributed by atoms with Crippen molar-refractivity contribution in [2.45, 2.75) is 6.92 Å². The van der Waals surface area contributed by atoms with Gasteiger partial charge in [-0.05, 0) is 25.1 Å². The summed E-state index contributed by atoms with van der Waals surface area (Å²) in [5, 5.41) is 15.7. The Bertz CT molecular complexity index is 765. The first-order chi connectivity index (χ1) is 9.13. The zero-order valence-corrected chi connectivity index (χ0v) is 11.4. The first-order valence-corrected chi connectivity index (χ1v) is 6.59. The largest absolute Gasteiger partial charge is 0.296 e. The lowest BCUT2D eigenvalue weighted by atomic mass is 10.2. The van der Waals surface area contributed by atoms with Crippen molar-refractivity contribution in [3.8, 4) is 0 Å². The monoisotopic (exact) mass is 293 g/mol. The highest BCUT2D eigenvalue weighted by Crippen LogP contribution is 2.19. The lowest BCUT2D eigenvalue weighted by Gasteiger charge is -2.01. The molecule has 2 heterocycles. The standard InChI is InChI=1S/C11H8ClN5OS/c1-6-14-15-11-17(6)16-10(19-11)13-9(18)7-3-2-4-8(12)5-7/h2-5H,1H3,(H,13,16,18). The Hall–Kier alpha value is -1.99. The molecule has 0 radical (unpaired) electrons. The number of benzene rings is 1. The van der Waals surface area contributed by atoms with Gasteiger partial charge in [0.25, 0.3) is 5.91 Å². The van der Waals surface area contributed by atoms with Crippen molar-refractivity contribution in [3.63, 3.8) is 0 Å². The molecular formula is C11H8ClN5OS. The number of anilines is 1. The van der Waals surface area contributed by atoms with Gasteiger partial charge in [0.2, 0.25) is 10.1 Å². The Kier molecular flexibility index (Phi) is 2.92. The van der Waals surface area contributed by atoms with Gasteiger partial charge in [0.1, 0.15) is 0 Å². The molecule has 1 amide bonds. The number of carbonyl (C=O) groups excluding carboxylic acids is 1. The second-order valence-corrected chi connectivity index (χ2v) is 5.21. The van der Waals surface area contributed by atoms with E-state index in [1.165, 1.54) is 11.3 Å². The Morgan fingerprint density at radius 1 is 1.42 bits per heavy atom. The third kappa shape index (κ3) is 2.29. The number of halogens is 1. The molecule has 3 aromatic rings. The topological polar surface area (TPSA) is 72.2 Å². The molecule has 1 aromatic carbocycles. The van der Waals surface area contributed by atoms with Gasteiger partial charge in [-0.15, -0.1) is 15.3 Å². The summed E-state index contributed by atoms with van der Waals surface area (Å²) in [4.78, 5) is 12.6. The molecule has 0 atom stereocenters. The van der Waals surface area contributed by atoms with Gasteiger partial charge in [0.15, 0.2) is 5.82 Å². The number of amides is 1. The summed E-state index contributed by atoms with van der Waals surface area (Å²) < 4.78 is 1.58. The van der Waals surface area contributed by atoms with Crippen molar-refractivity contribution in [3.05, 3.63) is 40.7 Å². The lowest BCUT2D eigenvalue weighted by Crippen LogP contribution is -2.11. The highest BCUT2D eigenvalue weighted by Gasteiger charge is 2.12. The van der Waals surface area contributed by atoms with E-state index in [2.05, 4.69) is 20.6 Å². The quantitative estimate of drug-likeness (QED) is 0.787. The van der Waals surface area contributed by atoms with Crippen molar-refractivity contribution in [2.75, 3.05) is 5.32 Å². The maximum absolute atomic E-state index is 12.0. The molecule has 6 nitrogen and oxygen atoms in total. The molecule has 96 valence electrons. The maximum atomic E-state index is 12.0. The Balaban J connectivity index is 1.86. The van der Waals surface area contributed by atoms with Crippen LogP contribution in [0.5, 0.6) is 0 Å². The number of hydrogen-bond acceptors (Lipinski definition) is 5. The van der Waals surface area contributed by atoms with Gasteiger partial charge < -0.3 is 0 Å². The lowest BCUT2D eigenvalue weighted by molar-refractivity contribution is 0.102. The van der Waals surface area contributed by atoms with Crippen LogP contribution in [-0.4, -0.2) is 25.7 Å². The Labute approximate surface area is 117 Å². The van der Waals surface area contributed by atoms with Crippen molar-refractivity contribution < 1.29 is 4.79 Å². The van der Waals surface area contributed by atoms with Crippen LogP contribution in [0.2, 0.25) is 5.02 Å². The van der Waals surface area contributed by atoms with Crippen LogP contribution in [0, 0.1) is 6.92 Å². The van der Waals surface area contributed by atoms with E-state index in [9.17, 15) is 4.79 Å². The fourth-order valence-corrected chi connectivity index (χ4v) is 2.53. The minimum Gasteiger partial charge on any atom is -0.296 e. The van der Waals surface area contributed by atoms with Crippen LogP contribution in [0.1, 0.15) is 16.2 Å². The van der Waals surface area contributed by atoms with Gasteiger partial charge >= 0.3 is 0 Å². The van der Waals surface area contributed by atoms with E-state index < -0.39 is 0 Å². The van der Waals surface area contributed by atoms with E-state index in [-0.39, 0.29) is 5.91 Å². The van der Waals surface area contributed by atoms with Crippen molar-refractivity contribution >= 4 is 38.9 Å². The molecule has 8 heteroatoms. The summed E-state index contributed by atoms with van der Waals surface area (Å²) in [5.74, 6) is 0.416. The van der Waals surface area contributed by atoms with E-state index >= 15 is 0 Å². The molecule has 3 rings (SSSR count). The van der Waals surface area contributed by atoms with Gasteiger partial charge in [-0.25, -0.2) is 0 Å². The van der Waals surface area contributed by atoms with Crippen LogP contribution in [0.15, 0.2) is 24.3 Å². The smallest absolute Gasteiger partial charge is 0.257 e. The first-order valence-electron chi connectivity index (χ1n) is 5.39. The molecule has 0 aliphatic rings. The van der Waals surface area contributed by atoms with E-state index in [4.69, 9.17) is 11.6 Å². The third-order valence-electron chi connectivity index (χ3n) is 2.45. The SMILES string of the molecule is Cc1nnc2sc(NC(=O)c3cccc(Cl)c3)nn12. The molecule has 19 heavy (non-hydrogen) atoms. The van der Waals surface area contributed by atoms with E-state index in [0.717, 1.165) is 0 Å². The second kappa shape index (κ2) is 4.60. The summed E-state index contributed by atoms with van der Waals surface area (Å²) in [5.41, 5.74) is 0.482. The summed E-state index contributed by atoms with van der Waals surface area (Å²) in [6.07, 6.45) is 0. The van der Waals surface area contributed by atoms with Gasteiger partial charge in [0.05, 0.1) is 0 Å². The molecule has 0 saturated carbocycles. The van der Waals surface area contributed by atoms with Crippen molar-refractivity contribution in [2.24, 2.45) is 0 Å². The normalized spacial score (nSPS) is 10.8. The molecule has 0 bridgehead atoms. The minimum atomic E-state index is -0.259. The van der Waals surface area contributed by atoms with Gasteiger partial charge in [-0.2, -0.15) is 4.52 Å². The average molecular weight is 294 g/mol. The number of fused-ring (bicyclic) bond motifs is 1. The van der Waals surface area contributed by atoms with E-state index in [1.54, 1.807) is 35.7 Å². The Morgan fingerprint density at radius 2 is 2.26 bits per heavy atom. The van der Waals surface area contributed by atoms with Crippen molar-refractivity contribution in [1.82, 2.24) is 19.8 Å². The van der Waals surface area contributed by atoms with Crippen LogP contribution in [0.3, 0.4) is 0 Å². The molecule has 0 unspecified atom stereocenters. The molecule has 0 fully saturated rings. The summed E-state index contributed by atoms with van der Waals surface area (Å²) in [6.45, 7) is 1.79. The third-order valence-corrected chi connectivity index (χ3v) is 3.50. The van der Waals surface area contributed by atoms with Crippen molar-refractivity contribution in [1.29, 1.82) is 0 Å². The molecule has 0 saturated heterocycles. The molecular weight excluding hydrogens is 286 g/mol. The number of carbonyl (C=O) groups is 1. The number of aromatic nitrogens is 4. The number of nitrogens with zero attached hydrogens (tertiary/aromatic N) is 4. The van der Waals surface area contributed by atoms with Crippen LogP contribution in [0.25, 0.3) is 4.96 Å². The van der Waals surface area contributed by atoms with Crippen LogP contribution < -0.4 is 5.32 Å². The highest BCUT2D eigenvalue weighted by atomic mass is 35.5. The Morgan fingerprint density at radius 3 is 3.00 bits per heavy atom.